The number of hydrogen-bond acceptors (Lipinski definition) is 4. The molecule has 1 aliphatic rings. The van der Waals surface area contributed by atoms with Gasteiger partial charge in [0, 0.05) is 18.8 Å². The van der Waals surface area contributed by atoms with Crippen LogP contribution in [0.5, 0.6) is 17.2 Å². The van der Waals surface area contributed by atoms with Gasteiger partial charge in [-0.05, 0) is 31.2 Å². The van der Waals surface area contributed by atoms with E-state index in [4.69, 9.17) is 14.2 Å². The maximum absolute atomic E-state index is 12.2. The molecule has 0 saturated carbocycles. The summed E-state index contributed by atoms with van der Waals surface area (Å²) in [5.74, 6) is 1.88. The van der Waals surface area contributed by atoms with Gasteiger partial charge in [-0.2, -0.15) is 0 Å². The number of hydrogen-bond donors (Lipinski definition) is 0. The SMILES string of the molecule is Cc1ccc(OCC(=O)N(C)c2ccc3c(c2)OCO3)cc1. The number of anilines is 1. The number of rotatable bonds is 4. The number of nitrogens with zero attached hydrogens (tertiary/aromatic N) is 1. The number of ether oxygens (including phenoxy) is 3. The van der Waals surface area contributed by atoms with Gasteiger partial charge < -0.3 is 19.1 Å². The second-order valence-corrected chi connectivity index (χ2v) is 5.09. The van der Waals surface area contributed by atoms with Crippen LogP contribution in [-0.4, -0.2) is 26.4 Å². The van der Waals surface area contributed by atoms with Crippen molar-refractivity contribution in [2.45, 2.75) is 6.92 Å². The molecule has 1 amide bonds. The minimum Gasteiger partial charge on any atom is -0.484 e. The highest BCUT2D eigenvalue weighted by atomic mass is 16.7. The molecular weight excluding hydrogens is 282 g/mol. The van der Waals surface area contributed by atoms with Crippen LogP contribution in [-0.2, 0) is 4.79 Å². The lowest BCUT2D eigenvalue weighted by Crippen LogP contribution is -2.31. The highest BCUT2D eigenvalue weighted by Gasteiger charge is 2.17. The van der Waals surface area contributed by atoms with E-state index in [0.29, 0.717) is 17.2 Å². The predicted molar refractivity (Wildman–Crippen MR) is 82.6 cm³/mol. The molecule has 0 saturated heterocycles. The Morgan fingerprint density at radius 3 is 2.64 bits per heavy atom. The summed E-state index contributed by atoms with van der Waals surface area (Å²) in [6, 6.07) is 13.0. The first kappa shape index (κ1) is 14.3. The topological polar surface area (TPSA) is 48.0 Å². The summed E-state index contributed by atoms with van der Waals surface area (Å²) < 4.78 is 16.1. The fourth-order valence-electron chi connectivity index (χ4n) is 2.11. The molecule has 0 aliphatic carbocycles. The standard InChI is InChI=1S/C17H17NO4/c1-12-3-6-14(7-4-12)20-10-17(19)18(2)13-5-8-15-16(9-13)22-11-21-15/h3-9H,10-11H2,1-2H3. The van der Waals surface area contributed by atoms with Crippen molar-refractivity contribution in [1.82, 2.24) is 0 Å². The van der Waals surface area contributed by atoms with Crippen LogP contribution in [0.25, 0.3) is 0 Å². The van der Waals surface area contributed by atoms with Crippen molar-refractivity contribution < 1.29 is 19.0 Å². The van der Waals surface area contributed by atoms with Gasteiger partial charge in [0.2, 0.25) is 6.79 Å². The van der Waals surface area contributed by atoms with Crippen molar-refractivity contribution in [3.05, 3.63) is 48.0 Å². The van der Waals surface area contributed by atoms with Crippen molar-refractivity contribution in [2.75, 3.05) is 25.3 Å². The molecule has 22 heavy (non-hydrogen) atoms. The van der Waals surface area contributed by atoms with E-state index in [2.05, 4.69) is 0 Å². The first-order chi connectivity index (χ1) is 10.6. The van der Waals surface area contributed by atoms with Crippen molar-refractivity contribution in [3.8, 4) is 17.2 Å². The summed E-state index contributed by atoms with van der Waals surface area (Å²) in [6.45, 7) is 2.20. The molecule has 0 unspecified atom stereocenters. The molecule has 5 heteroatoms. The minimum absolute atomic E-state index is 0.0198. The van der Waals surface area contributed by atoms with E-state index in [1.165, 1.54) is 4.90 Å². The van der Waals surface area contributed by atoms with E-state index >= 15 is 0 Å². The van der Waals surface area contributed by atoms with Gasteiger partial charge in [-0.15, -0.1) is 0 Å². The van der Waals surface area contributed by atoms with Crippen molar-refractivity contribution in [1.29, 1.82) is 0 Å². The summed E-state index contributed by atoms with van der Waals surface area (Å²) >= 11 is 0. The molecule has 0 spiro atoms. The Kier molecular flexibility index (Phi) is 3.87. The summed E-state index contributed by atoms with van der Waals surface area (Å²) in [4.78, 5) is 13.8. The normalized spacial score (nSPS) is 12.1. The Hall–Kier alpha value is -2.69. The lowest BCUT2D eigenvalue weighted by atomic mass is 10.2. The Morgan fingerprint density at radius 2 is 1.86 bits per heavy atom. The third-order valence-corrected chi connectivity index (χ3v) is 3.50. The van der Waals surface area contributed by atoms with E-state index < -0.39 is 0 Å². The van der Waals surface area contributed by atoms with Gasteiger partial charge >= 0.3 is 0 Å². The lowest BCUT2D eigenvalue weighted by molar-refractivity contribution is -0.120. The zero-order valence-corrected chi connectivity index (χ0v) is 12.5. The van der Waals surface area contributed by atoms with E-state index in [9.17, 15) is 4.79 Å². The number of benzene rings is 2. The Morgan fingerprint density at radius 1 is 1.14 bits per heavy atom. The summed E-state index contributed by atoms with van der Waals surface area (Å²) in [7, 11) is 1.71. The lowest BCUT2D eigenvalue weighted by Gasteiger charge is -2.18. The van der Waals surface area contributed by atoms with Crippen LogP contribution in [0.3, 0.4) is 0 Å². The number of likely N-dealkylation sites (N-methyl/N-ethyl adjacent to an activating group) is 1. The molecule has 1 heterocycles. The summed E-state index contributed by atoms with van der Waals surface area (Å²) in [5, 5.41) is 0. The number of carbonyl (C=O) groups excluding carboxylic acids is 1. The van der Waals surface area contributed by atoms with Crippen molar-refractivity contribution in [3.63, 3.8) is 0 Å². The highest BCUT2D eigenvalue weighted by Crippen LogP contribution is 2.35. The molecule has 114 valence electrons. The number of amides is 1. The van der Waals surface area contributed by atoms with E-state index in [1.807, 2.05) is 37.3 Å². The largest absolute Gasteiger partial charge is 0.484 e. The van der Waals surface area contributed by atoms with E-state index in [-0.39, 0.29) is 19.3 Å². The highest BCUT2D eigenvalue weighted by molar-refractivity contribution is 5.94. The second kappa shape index (κ2) is 5.97. The summed E-state index contributed by atoms with van der Waals surface area (Å²) in [6.07, 6.45) is 0. The quantitative estimate of drug-likeness (QED) is 0.871. The zero-order chi connectivity index (χ0) is 15.5. The van der Waals surface area contributed by atoms with Gasteiger partial charge in [0.1, 0.15) is 5.75 Å². The molecule has 0 atom stereocenters. The fourth-order valence-corrected chi connectivity index (χ4v) is 2.11. The maximum atomic E-state index is 12.2. The molecule has 0 aromatic heterocycles. The molecule has 2 aromatic rings. The third kappa shape index (κ3) is 2.98. The zero-order valence-electron chi connectivity index (χ0n) is 12.5. The van der Waals surface area contributed by atoms with Crippen molar-refractivity contribution in [2.24, 2.45) is 0 Å². The van der Waals surface area contributed by atoms with Crippen LogP contribution in [0.2, 0.25) is 0 Å². The van der Waals surface area contributed by atoms with E-state index in [1.54, 1.807) is 19.2 Å². The molecular formula is C17H17NO4. The molecule has 0 radical (unpaired) electrons. The molecule has 5 nitrogen and oxygen atoms in total. The molecule has 3 rings (SSSR count). The second-order valence-electron chi connectivity index (χ2n) is 5.09. The molecule has 0 N–H and O–H groups in total. The van der Waals surface area contributed by atoms with Crippen molar-refractivity contribution >= 4 is 11.6 Å². The number of carbonyl (C=O) groups is 1. The third-order valence-electron chi connectivity index (χ3n) is 3.50. The van der Waals surface area contributed by atoms with Gasteiger partial charge in [0.25, 0.3) is 5.91 Å². The fraction of sp³-hybridized carbons (Fsp3) is 0.235. The van der Waals surface area contributed by atoms with Crippen LogP contribution >= 0.6 is 0 Å². The van der Waals surface area contributed by atoms with Gasteiger partial charge in [-0.1, -0.05) is 17.7 Å². The molecule has 2 aromatic carbocycles. The maximum Gasteiger partial charge on any atom is 0.264 e. The molecule has 0 bridgehead atoms. The Bertz CT molecular complexity index is 682. The van der Waals surface area contributed by atoms with Gasteiger partial charge in [-0.25, -0.2) is 0 Å². The first-order valence-corrected chi connectivity index (χ1v) is 6.99. The summed E-state index contributed by atoms with van der Waals surface area (Å²) in [5.41, 5.74) is 1.89. The van der Waals surface area contributed by atoms with Gasteiger partial charge in [0.15, 0.2) is 18.1 Å². The molecule has 0 fully saturated rings. The van der Waals surface area contributed by atoms with Crippen LogP contribution in [0.1, 0.15) is 5.56 Å². The smallest absolute Gasteiger partial charge is 0.264 e. The Labute approximate surface area is 129 Å². The van der Waals surface area contributed by atoms with Crippen LogP contribution in [0.15, 0.2) is 42.5 Å². The Balaban J connectivity index is 1.63. The van der Waals surface area contributed by atoms with Gasteiger partial charge in [-0.3, -0.25) is 4.79 Å². The van der Waals surface area contributed by atoms with Crippen LogP contribution in [0.4, 0.5) is 5.69 Å². The average molecular weight is 299 g/mol. The number of fused-ring (bicyclic) bond motifs is 1. The van der Waals surface area contributed by atoms with Gasteiger partial charge in [0.05, 0.1) is 0 Å². The monoisotopic (exact) mass is 299 g/mol. The van der Waals surface area contributed by atoms with E-state index in [0.717, 1.165) is 11.3 Å². The first-order valence-electron chi connectivity index (χ1n) is 6.99. The number of aryl methyl sites for hydroxylation is 1. The predicted octanol–water partition coefficient (Wildman–Crippen LogP) is 2.77. The minimum atomic E-state index is -0.139. The van der Waals surface area contributed by atoms with Crippen LogP contribution < -0.4 is 19.1 Å². The van der Waals surface area contributed by atoms with Crippen LogP contribution in [0, 0.1) is 6.92 Å². The average Bonchev–Trinajstić information content (AvgIpc) is 3.00. The molecule has 1 aliphatic heterocycles.